The summed E-state index contributed by atoms with van der Waals surface area (Å²) in [6.07, 6.45) is 0. The van der Waals surface area contributed by atoms with Gasteiger partial charge in [0.15, 0.2) is 0 Å². The quantitative estimate of drug-likeness (QED) is 0.534. The van der Waals surface area contributed by atoms with Crippen LogP contribution < -0.4 is 0 Å². The van der Waals surface area contributed by atoms with E-state index in [1.807, 2.05) is 12.1 Å². The van der Waals surface area contributed by atoms with Gasteiger partial charge in [0.05, 0.1) is 5.69 Å². The molecule has 0 heterocycles. The molecule has 2 aromatic rings. The van der Waals surface area contributed by atoms with E-state index >= 15 is 0 Å². The summed E-state index contributed by atoms with van der Waals surface area (Å²) in [6.45, 7) is 0. The maximum atomic E-state index is 9.51. The molecule has 2 aromatic carbocycles. The SMILES string of the molecule is [B]N=Nc1ccc2c(O)cccc2c1. The van der Waals surface area contributed by atoms with Gasteiger partial charge in [0, 0.05) is 5.39 Å². The largest absolute Gasteiger partial charge is 0.507 e. The molecule has 0 aliphatic rings. The number of nitrogens with zero attached hydrogens (tertiary/aromatic N) is 2. The van der Waals surface area contributed by atoms with Crippen LogP contribution in [-0.4, -0.2) is 13.1 Å². The van der Waals surface area contributed by atoms with Crippen molar-refractivity contribution >= 4 is 24.4 Å². The lowest BCUT2D eigenvalue weighted by molar-refractivity contribution is 0.481. The van der Waals surface area contributed by atoms with E-state index in [2.05, 4.69) is 10.1 Å². The third-order valence-corrected chi connectivity index (χ3v) is 2.01. The Labute approximate surface area is 82.5 Å². The Hall–Kier alpha value is -1.84. The number of hydrogen-bond donors (Lipinski definition) is 1. The average Bonchev–Trinajstić information content (AvgIpc) is 2.18. The van der Waals surface area contributed by atoms with Gasteiger partial charge in [0.1, 0.15) is 5.75 Å². The van der Waals surface area contributed by atoms with E-state index in [0.717, 1.165) is 10.8 Å². The highest BCUT2D eigenvalue weighted by atomic mass is 16.3. The molecular formula is C10H7BN2O. The molecule has 0 fully saturated rings. The Bertz CT molecular complexity index is 496. The number of fused-ring (bicyclic) bond motifs is 1. The molecule has 0 saturated heterocycles. The van der Waals surface area contributed by atoms with Crippen molar-refractivity contribution in [2.45, 2.75) is 0 Å². The van der Waals surface area contributed by atoms with Gasteiger partial charge in [0.25, 0.3) is 7.98 Å². The molecule has 14 heavy (non-hydrogen) atoms. The normalized spacial score (nSPS) is 11.1. The van der Waals surface area contributed by atoms with Crippen LogP contribution in [-0.2, 0) is 0 Å². The molecule has 3 nitrogen and oxygen atoms in total. The number of hydrogen-bond acceptors (Lipinski definition) is 3. The van der Waals surface area contributed by atoms with Crippen molar-refractivity contribution in [2.75, 3.05) is 0 Å². The fraction of sp³-hybridized carbons (Fsp3) is 0. The first-order valence-corrected chi connectivity index (χ1v) is 4.14. The minimum absolute atomic E-state index is 0.263. The predicted octanol–water partition coefficient (Wildman–Crippen LogP) is 2.71. The summed E-state index contributed by atoms with van der Waals surface area (Å²) < 4.78 is 0. The third kappa shape index (κ3) is 1.46. The molecule has 0 amide bonds. The highest BCUT2D eigenvalue weighted by Crippen LogP contribution is 2.27. The van der Waals surface area contributed by atoms with Gasteiger partial charge in [-0.05, 0) is 29.7 Å². The van der Waals surface area contributed by atoms with Crippen LogP contribution in [0.3, 0.4) is 0 Å². The van der Waals surface area contributed by atoms with Crippen LogP contribution in [0, 0.1) is 0 Å². The number of phenols is 1. The lowest BCUT2D eigenvalue weighted by Gasteiger charge is -2.00. The van der Waals surface area contributed by atoms with Crippen LogP contribution in [0.5, 0.6) is 5.75 Å². The molecule has 0 spiro atoms. The second-order valence-electron chi connectivity index (χ2n) is 2.90. The van der Waals surface area contributed by atoms with Gasteiger partial charge in [0.2, 0.25) is 0 Å². The van der Waals surface area contributed by atoms with Crippen molar-refractivity contribution in [1.29, 1.82) is 0 Å². The maximum Gasteiger partial charge on any atom is 0.293 e. The Morgan fingerprint density at radius 3 is 2.79 bits per heavy atom. The Morgan fingerprint density at radius 1 is 1.14 bits per heavy atom. The van der Waals surface area contributed by atoms with E-state index in [-0.39, 0.29) is 5.75 Å². The highest BCUT2D eigenvalue weighted by Gasteiger charge is 1.98. The molecule has 0 unspecified atom stereocenters. The zero-order chi connectivity index (χ0) is 9.97. The van der Waals surface area contributed by atoms with Crippen molar-refractivity contribution < 1.29 is 5.11 Å². The van der Waals surface area contributed by atoms with Gasteiger partial charge in [-0.2, -0.15) is 5.11 Å². The second-order valence-corrected chi connectivity index (χ2v) is 2.90. The molecule has 0 bridgehead atoms. The van der Waals surface area contributed by atoms with Crippen molar-refractivity contribution in [3.05, 3.63) is 36.4 Å². The van der Waals surface area contributed by atoms with Crippen LogP contribution in [0.4, 0.5) is 5.69 Å². The molecule has 1 N–H and O–H groups in total. The van der Waals surface area contributed by atoms with Gasteiger partial charge in [-0.1, -0.05) is 12.1 Å². The van der Waals surface area contributed by atoms with E-state index in [0.29, 0.717) is 5.69 Å². The summed E-state index contributed by atoms with van der Waals surface area (Å²) >= 11 is 0. The molecule has 2 radical (unpaired) electrons. The van der Waals surface area contributed by atoms with Gasteiger partial charge in [-0.25, -0.2) is 0 Å². The maximum absolute atomic E-state index is 9.51. The van der Waals surface area contributed by atoms with E-state index in [1.165, 1.54) is 0 Å². The first-order chi connectivity index (χ1) is 6.81. The van der Waals surface area contributed by atoms with E-state index in [4.69, 9.17) is 7.98 Å². The van der Waals surface area contributed by atoms with Gasteiger partial charge in [-0.3, -0.25) is 5.03 Å². The number of phenolic OH excluding ortho intramolecular Hbond substituents is 1. The highest BCUT2D eigenvalue weighted by molar-refractivity contribution is 6.05. The van der Waals surface area contributed by atoms with Crippen LogP contribution in [0.2, 0.25) is 0 Å². The summed E-state index contributed by atoms with van der Waals surface area (Å²) in [6, 6.07) is 10.7. The molecule has 0 aromatic heterocycles. The van der Waals surface area contributed by atoms with Gasteiger partial charge < -0.3 is 5.11 Å². The lowest BCUT2D eigenvalue weighted by atomic mass is 10.1. The van der Waals surface area contributed by atoms with Crippen molar-refractivity contribution in [3.8, 4) is 5.75 Å². The zero-order valence-electron chi connectivity index (χ0n) is 7.38. The van der Waals surface area contributed by atoms with Gasteiger partial charge >= 0.3 is 0 Å². The molecule has 0 aliphatic heterocycles. The molecule has 0 atom stereocenters. The first-order valence-electron chi connectivity index (χ1n) is 4.14. The van der Waals surface area contributed by atoms with Crippen LogP contribution in [0.1, 0.15) is 0 Å². The molecule has 0 saturated carbocycles. The monoisotopic (exact) mass is 182 g/mol. The summed E-state index contributed by atoms with van der Waals surface area (Å²) in [5, 5.41) is 18.1. The fourth-order valence-electron chi connectivity index (χ4n) is 1.38. The predicted molar refractivity (Wildman–Crippen MR) is 55.9 cm³/mol. The molecule has 2 rings (SSSR count). The summed E-state index contributed by atoms with van der Waals surface area (Å²) in [5.41, 5.74) is 0.672. The van der Waals surface area contributed by atoms with Crippen LogP contribution in [0.15, 0.2) is 46.5 Å². The molecule has 4 heteroatoms. The van der Waals surface area contributed by atoms with Crippen LogP contribution in [0.25, 0.3) is 10.8 Å². The lowest BCUT2D eigenvalue weighted by Crippen LogP contribution is -1.73. The van der Waals surface area contributed by atoms with Crippen molar-refractivity contribution in [3.63, 3.8) is 0 Å². The summed E-state index contributed by atoms with van der Waals surface area (Å²) in [5.74, 6) is 0.263. The summed E-state index contributed by atoms with van der Waals surface area (Å²) in [4.78, 5) is 0. The van der Waals surface area contributed by atoms with E-state index < -0.39 is 0 Å². The van der Waals surface area contributed by atoms with Gasteiger partial charge in [-0.15, -0.1) is 0 Å². The van der Waals surface area contributed by atoms with Crippen molar-refractivity contribution in [2.24, 2.45) is 10.1 Å². The number of benzene rings is 2. The average molecular weight is 182 g/mol. The third-order valence-electron chi connectivity index (χ3n) is 2.01. The van der Waals surface area contributed by atoms with E-state index in [1.54, 1.807) is 24.3 Å². The second kappa shape index (κ2) is 3.50. The number of rotatable bonds is 1. The molecular weight excluding hydrogens is 175 g/mol. The Morgan fingerprint density at radius 2 is 2.00 bits per heavy atom. The minimum Gasteiger partial charge on any atom is -0.507 e. The first kappa shape index (κ1) is 8.75. The standard InChI is InChI=1S/C10H7BN2O/c11-13-12-8-4-5-9-7(6-8)2-1-3-10(9)14/h1-6,14H. The van der Waals surface area contributed by atoms with Crippen molar-refractivity contribution in [1.82, 2.24) is 0 Å². The zero-order valence-corrected chi connectivity index (χ0v) is 7.38. The summed E-state index contributed by atoms with van der Waals surface area (Å²) in [7, 11) is 4.94. The van der Waals surface area contributed by atoms with E-state index in [9.17, 15) is 5.11 Å². The van der Waals surface area contributed by atoms with Crippen LogP contribution >= 0.6 is 0 Å². The smallest absolute Gasteiger partial charge is 0.293 e. The Balaban J connectivity index is 2.67. The Kier molecular flexibility index (Phi) is 2.19. The topological polar surface area (TPSA) is 45.0 Å². The fourth-order valence-corrected chi connectivity index (χ4v) is 1.38. The minimum atomic E-state index is 0.263. The molecule has 0 aliphatic carbocycles. The number of aromatic hydroxyl groups is 1. The molecule has 66 valence electrons.